The number of hydrogen-bond donors (Lipinski definition) is 3. The average Bonchev–Trinajstić information content (AvgIpc) is 2.69. The molecular formula is C24H32ClN3O. The lowest BCUT2D eigenvalue weighted by Gasteiger charge is -2.21. The van der Waals surface area contributed by atoms with Gasteiger partial charge in [-0.2, -0.15) is 0 Å². The summed E-state index contributed by atoms with van der Waals surface area (Å²) in [6, 6.07) is 12.8. The van der Waals surface area contributed by atoms with E-state index < -0.39 is 6.04 Å². The third-order valence-corrected chi connectivity index (χ3v) is 5.37. The molecule has 0 heterocycles. The van der Waals surface area contributed by atoms with Gasteiger partial charge in [-0.15, -0.1) is 0 Å². The van der Waals surface area contributed by atoms with Crippen molar-refractivity contribution in [1.29, 1.82) is 0 Å². The minimum Gasteiger partial charge on any atom is -0.329 e. The zero-order valence-corrected chi connectivity index (χ0v) is 18.4. The van der Waals surface area contributed by atoms with Gasteiger partial charge in [0.15, 0.2) is 0 Å². The van der Waals surface area contributed by atoms with E-state index in [1.165, 1.54) is 16.7 Å². The molecule has 0 radical (unpaired) electrons. The van der Waals surface area contributed by atoms with Crippen LogP contribution in [0.1, 0.15) is 55.3 Å². The first kappa shape index (κ1) is 23.1. The Labute approximate surface area is 179 Å². The molecule has 4 nitrogen and oxygen atoms in total. The van der Waals surface area contributed by atoms with E-state index in [9.17, 15) is 4.79 Å². The molecule has 2 aromatic rings. The molecule has 1 amide bonds. The first-order chi connectivity index (χ1) is 13.9. The van der Waals surface area contributed by atoms with Crippen molar-refractivity contribution in [1.82, 2.24) is 5.32 Å². The van der Waals surface area contributed by atoms with Gasteiger partial charge in [-0.3, -0.25) is 4.79 Å². The van der Waals surface area contributed by atoms with Crippen LogP contribution in [-0.2, 0) is 4.79 Å². The summed E-state index contributed by atoms with van der Waals surface area (Å²) < 4.78 is 0. The molecule has 0 fully saturated rings. The predicted molar refractivity (Wildman–Crippen MR) is 124 cm³/mol. The molecule has 0 aromatic heterocycles. The number of aryl methyl sites for hydroxylation is 1. The van der Waals surface area contributed by atoms with Gasteiger partial charge in [-0.05, 0) is 54.3 Å². The normalized spacial score (nSPS) is 13.0. The number of carbonyl (C=O) groups excluding carboxylic acids is 1. The summed E-state index contributed by atoms with van der Waals surface area (Å²) in [5, 5.41) is 6.85. The zero-order chi connectivity index (χ0) is 21.4. The average molecular weight is 414 g/mol. The number of halogens is 1. The van der Waals surface area contributed by atoms with Gasteiger partial charge in [-0.1, -0.05) is 62.2 Å². The third-order valence-electron chi connectivity index (χ3n) is 5.13. The van der Waals surface area contributed by atoms with E-state index in [0.717, 1.165) is 24.1 Å². The minimum absolute atomic E-state index is 0.143. The van der Waals surface area contributed by atoms with Crippen molar-refractivity contribution in [2.75, 3.05) is 18.4 Å². The summed E-state index contributed by atoms with van der Waals surface area (Å²) in [4.78, 5) is 13.1. The topological polar surface area (TPSA) is 67.2 Å². The lowest BCUT2D eigenvalue weighted by atomic mass is 9.88. The van der Waals surface area contributed by atoms with Crippen LogP contribution < -0.4 is 16.4 Å². The Kier molecular flexibility index (Phi) is 8.90. The molecule has 156 valence electrons. The van der Waals surface area contributed by atoms with Crippen LogP contribution >= 0.6 is 11.6 Å². The number of rotatable bonds is 10. The van der Waals surface area contributed by atoms with Crippen LogP contribution in [0.15, 0.2) is 54.6 Å². The molecule has 0 aliphatic carbocycles. The van der Waals surface area contributed by atoms with Gasteiger partial charge in [-0.25, -0.2) is 0 Å². The van der Waals surface area contributed by atoms with Gasteiger partial charge in [0.25, 0.3) is 0 Å². The number of hydrogen-bond acceptors (Lipinski definition) is 3. The first-order valence-corrected chi connectivity index (χ1v) is 10.5. The molecule has 5 heteroatoms. The van der Waals surface area contributed by atoms with Crippen molar-refractivity contribution in [3.05, 3.63) is 76.3 Å². The van der Waals surface area contributed by atoms with Gasteiger partial charge in [0, 0.05) is 29.7 Å². The van der Waals surface area contributed by atoms with E-state index in [2.05, 4.69) is 44.1 Å². The number of benzene rings is 2. The quantitative estimate of drug-likeness (QED) is 0.461. The lowest BCUT2D eigenvalue weighted by molar-refractivity contribution is -0.118. The standard InChI is InChI=1S/C24H32ClN3O/c1-5-7-16(2)18(4)22-15-21(11-10-17(22)3)28-24(29)23(27-13-12-26)19-8-6-9-20(25)14-19/h6,8-11,14-15,18,23,27H,2,5,7,12-13,26H2,1,3-4H3,(H,28,29)/t18-,23?/m0/s1. The summed E-state index contributed by atoms with van der Waals surface area (Å²) in [5.41, 5.74) is 10.8. The van der Waals surface area contributed by atoms with E-state index >= 15 is 0 Å². The van der Waals surface area contributed by atoms with Crippen LogP contribution in [0.5, 0.6) is 0 Å². The molecule has 0 spiro atoms. The number of anilines is 1. The maximum absolute atomic E-state index is 13.1. The van der Waals surface area contributed by atoms with Crippen LogP contribution in [0.2, 0.25) is 5.02 Å². The molecule has 29 heavy (non-hydrogen) atoms. The van der Waals surface area contributed by atoms with Gasteiger partial charge < -0.3 is 16.4 Å². The van der Waals surface area contributed by atoms with Gasteiger partial charge >= 0.3 is 0 Å². The SMILES string of the molecule is C=C(CCC)[C@H](C)c1cc(NC(=O)C(NCCN)c2cccc(Cl)c2)ccc1C. The molecule has 2 rings (SSSR count). The molecule has 0 aliphatic rings. The predicted octanol–water partition coefficient (Wildman–Crippen LogP) is 5.34. The summed E-state index contributed by atoms with van der Waals surface area (Å²) in [6.45, 7) is 11.6. The summed E-state index contributed by atoms with van der Waals surface area (Å²) in [5.74, 6) is 0.0986. The Morgan fingerprint density at radius 3 is 2.66 bits per heavy atom. The highest BCUT2D eigenvalue weighted by Crippen LogP contribution is 2.30. The molecule has 0 saturated carbocycles. The maximum Gasteiger partial charge on any atom is 0.246 e. The maximum atomic E-state index is 13.1. The Hall–Kier alpha value is -2.14. The highest BCUT2D eigenvalue weighted by atomic mass is 35.5. The number of carbonyl (C=O) groups is 1. The van der Waals surface area contributed by atoms with Crippen molar-refractivity contribution in [2.45, 2.75) is 45.6 Å². The minimum atomic E-state index is -0.533. The van der Waals surface area contributed by atoms with Crippen LogP contribution in [-0.4, -0.2) is 19.0 Å². The molecule has 0 bridgehead atoms. The van der Waals surface area contributed by atoms with E-state index in [4.69, 9.17) is 17.3 Å². The Morgan fingerprint density at radius 1 is 1.24 bits per heavy atom. The van der Waals surface area contributed by atoms with Crippen LogP contribution in [0.3, 0.4) is 0 Å². The van der Waals surface area contributed by atoms with E-state index in [1.807, 2.05) is 24.3 Å². The number of nitrogens with one attached hydrogen (secondary N) is 2. The third kappa shape index (κ3) is 6.43. The highest BCUT2D eigenvalue weighted by Gasteiger charge is 2.21. The molecule has 4 N–H and O–H groups in total. The van der Waals surface area contributed by atoms with Gasteiger partial charge in [0.2, 0.25) is 5.91 Å². The Bertz CT molecular complexity index is 850. The van der Waals surface area contributed by atoms with E-state index in [-0.39, 0.29) is 11.8 Å². The van der Waals surface area contributed by atoms with Crippen molar-refractivity contribution in [2.24, 2.45) is 5.73 Å². The van der Waals surface area contributed by atoms with E-state index in [0.29, 0.717) is 18.1 Å². The fraction of sp³-hybridized carbons (Fsp3) is 0.375. The second-order valence-corrected chi connectivity index (χ2v) is 7.86. The fourth-order valence-electron chi connectivity index (χ4n) is 3.43. The van der Waals surface area contributed by atoms with Gasteiger partial charge in [0.05, 0.1) is 0 Å². The summed E-state index contributed by atoms with van der Waals surface area (Å²) in [6.07, 6.45) is 2.07. The van der Waals surface area contributed by atoms with E-state index in [1.54, 1.807) is 12.1 Å². The highest BCUT2D eigenvalue weighted by molar-refractivity contribution is 6.30. The van der Waals surface area contributed by atoms with Crippen LogP contribution in [0, 0.1) is 6.92 Å². The van der Waals surface area contributed by atoms with Crippen LogP contribution in [0.4, 0.5) is 5.69 Å². The number of allylic oxidation sites excluding steroid dienone is 1. The molecule has 1 unspecified atom stereocenters. The Balaban J connectivity index is 2.25. The van der Waals surface area contributed by atoms with Crippen LogP contribution in [0.25, 0.3) is 0 Å². The lowest BCUT2D eigenvalue weighted by Crippen LogP contribution is -2.35. The fourth-order valence-corrected chi connectivity index (χ4v) is 3.63. The smallest absolute Gasteiger partial charge is 0.246 e. The molecule has 0 aliphatic heterocycles. The number of nitrogens with two attached hydrogens (primary N) is 1. The molecule has 0 saturated heterocycles. The monoisotopic (exact) mass is 413 g/mol. The second-order valence-electron chi connectivity index (χ2n) is 7.42. The van der Waals surface area contributed by atoms with Crippen molar-refractivity contribution in [3.63, 3.8) is 0 Å². The molecule has 2 atom stereocenters. The molecule has 2 aromatic carbocycles. The largest absolute Gasteiger partial charge is 0.329 e. The summed E-state index contributed by atoms with van der Waals surface area (Å²) in [7, 11) is 0. The Morgan fingerprint density at radius 2 is 2.00 bits per heavy atom. The van der Waals surface area contributed by atoms with Crippen molar-refractivity contribution >= 4 is 23.2 Å². The first-order valence-electron chi connectivity index (χ1n) is 10.1. The summed E-state index contributed by atoms with van der Waals surface area (Å²) >= 11 is 6.12. The van der Waals surface area contributed by atoms with Crippen molar-refractivity contribution < 1.29 is 4.79 Å². The zero-order valence-electron chi connectivity index (χ0n) is 17.6. The van der Waals surface area contributed by atoms with Gasteiger partial charge in [0.1, 0.15) is 6.04 Å². The second kappa shape index (κ2) is 11.1. The van der Waals surface area contributed by atoms with Crippen molar-refractivity contribution in [3.8, 4) is 0 Å². The number of amides is 1. The molecular weight excluding hydrogens is 382 g/mol.